The minimum absolute atomic E-state index is 0.178. The maximum absolute atomic E-state index is 12.0. The summed E-state index contributed by atoms with van der Waals surface area (Å²) >= 11 is 0. The minimum Gasteiger partial charge on any atom is -0.323 e. The zero-order chi connectivity index (χ0) is 17.5. The largest absolute Gasteiger partial charge is 0.323 e. The van der Waals surface area contributed by atoms with Crippen molar-refractivity contribution in [3.63, 3.8) is 0 Å². The van der Waals surface area contributed by atoms with Crippen molar-refractivity contribution in [3.8, 4) is 0 Å². The third-order valence-corrected chi connectivity index (χ3v) is 4.54. The third-order valence-electron chi connectivity index (χ3n) is 4.54. The van der Waals surface area contributed by atoms with Crippen LogP contribution in [0.5, 0.6) is 0 Å². The first-order valence-electron chi connectivity index (χ1n) is 8.79. The van der Waals surface area contributed by atoms with Gasteiger partial charge in [0.05, 0.1) is 11.9 Å². The average Bonchev–Trinajstić information content (AvgIpc) is 2.64. The summed E-state index contributed by atoms with van der Waals surface area (Å²) in [5.41, 5.74) is 2.73. The number of benzene rings is 1. The first-order chi connectivity index (χ1) is 12.2. The van der Waals surface area contributed by atoms with Gasteiger partial charge in [-0.25, -0.2) is 0 Å². The number of aromatic nitrogens is 2. The van der Waals surface area contributed by atoms with Crippen LogP contribution in [-0.2, 0) is 11.3 Å². The van der Waals surface area contributed by atoms with Crippen molar-refractivity contribution in [3.05, 3.63) is 60.2 Å². The van der Waals surface area contributed by atoms with Crippen molar-refractivity contribution in [2.45, 2.75) is 38.8 Å². The second kappa shape index (κ2) is 8.53. The van der Waals surface area contributed by atoms with Gasteiger partial charge in [-0.3, -0.25) is 19.7 Å². The predicted octanol–water partition coefficient (Wildman–Crippen LogP) is 3.50. The molecule has 2 heterocycles. The minimum atomic E-state index is -0.178. The first kappa shape index (κ1) is 17.3. The number of nitrogens with one attached hydrogen (secondary N) is 1. The first-order valence-corrected chi connectivity index (χ1v) is 8.79. The van der Waals surface area contributed by atoms with Gasteiger partial charge >= 0.3 is 0 Å². The number of hydrogen-bond acceptors (Lipinski definition) is 4. The number of hydrogen-bond donors (Lipinski definition) is 1. The molecule has 0 saturated carbocycles. The monoisotopic (exact) mass is 336 g/mol. The fraction of sp³-hybridized carbons (Fsp3) is 0.350. The Morgan fingerprint density at radius 3 is 2.84 bits per heavy atom. The van der Waals surface area contributed by atoms with E-state index >= 15 is 0 Å². The summed E-state index contributed by atoms with van der Waals surface area (Å²) in [5.74, 6) is -0.178. The molecular weight excluding hydrogens is 312 g/mol. The Morgan fingerprint density at radius 1 is 1.28 bits per heavy atom. The fourth-order valence-corrected chi connectivity index (χ4v) is 3.06. The Balaban J connectivity index is 1.53. The van der Waals surface area contributed by atoms with Gasteiger partial charge in [0.1, 0.15) is 0 Å². The lowest BCUT2D eigenvalue weighted by atomic mass is 10.0. The van der Waals surface area contributed by atoms with Crippen molar-refractivity contribution in [1.82, 2.24) is 14.9 Å². The van der Waals surface area contributed by atoms with E-state index in [1.807, 2.05) is 12.1 Å². The number of carbonyl (C=O) groups excluding carboxylic acids is 1. The van der Waals surface area contributed by atoms with Gasteiger partial charge in [-0.2, -0.15) is 0 Å². The smallest absolute Gasteiger partial charge is 0.248 e. The molecule has 1 aliphatic rings. The van der Waals surface area contributed by atoms with Gasteiger partial charge in [0.2, 0.25) is 5.91 Å². The van der Waals surface area contributed by atoms with Gasteiger partial charge in [0.15, 0.2) is 0 Å². The topological polar surface area (TPSA) is 58.1 Å². The van der Waals surface area contributed by atoms with Crippen molar-refractivity contribution in [2.75, 3.05) is 11.9 Å². The molecule has 1 aromatic carbocycles. The number of carbonyl (C=O) groups is 1. The molecule has 1 aliphatic heterocycles. The lowest BCUT2D eigenvalue weighted by Gasteiger charge is -2.33. The number of amides is 1. The van der Waals surface area contributed by atoms with Gasteiger partial charge in [-0.1, -0.05) is 18.6 Å². The third kappa shape index (κ3) is 5.22. The van der Waals surface area contributed by atoms with Crippen LogP contribution in [0.4, 0.5) is 5.69 Å². The van der Waals surface area contributed by atoms with Crippen LogP contribution < -0.4 is 5.32 Å². The normalized spacial score (nSPS) is 18.4. The van der Waals surface area contributed by atoms with E-state index in [2.05, 4.69) is 39.2 Å². The molecule has 5 heteroatoms. The van der Waals surface area contributed by atoms with Crippen LogP contribution >= 0.6 is 0 Å². The van der Waals surface area contributed by atoms with E-state index in [0.717, 1.165) is 12.2 Å². The van der Waals surface area contributed by atoms with Crippen molar-refractivity contribution in [1.29, 1.82) is 0 Å². The van der Waals surface area contributed by atoms with E-state index in [0.29, 0.717) is 11.7 Å². The van der Waals surface area contributed by atoms with Gasteiger partial charge in [0.25, 0.3) is 0 Å². The molecule has 25 heavy (non-hydrogen) atoms. The number of nitrogens with zero attached hydrogens (tertiary/aromatic N) is 3. The van der Waals surface area contributed by atoms with Crippen LogP contribution in [0.3, 0.4) is 0 Å². The summed E-state index contributed by atoms with van der Waals surface area (Å²) in [5, 5.41) is 2.86. The van der Waals surface area contributed by atoms with Gasteiger partial charge < -0.3 is 5.32 Å². The summed E-state index contributed by atoms with van der Waals surface area (Å²) in [4.78, 5) is 22.6. The number of likely N-dealkylation sites (tertiary alicyclic amines) is 1. The van der Waals surface area contributed by atoms with Crippen LogP contribution in [0.1, 0.15) is 37.4 Å². The van der Waals surface area contributed by atoms with Crippen LogP contribution in [0.15, 0.2) is 48.9 Å². The van der Waals surface area contributed by atoms with E-state index in [1.54, 1.807) is 24.7 Å². The van der Waals surface area contributed by atoms with Crippen LogP contribution in [0, 0.1) is 0 Å². The van der Waals surface area contributed by atoms with Crippen molar-refractivity contribution >= 4 is 17.7 Å². The summed E-state index contributed by atoms with van der Waals surface area (Å²) in [6, 6.07) is 8.74. The zero-order valence-corrected chi connectivity index (χ0v) is 14.6. The lowest BCUT2D eigenvalue weighted by Crippen LogP contribution is -2.36. The Bertz CT molecular complexity index is 712. The molecule has 2 aromatic rings. The van der Waals surface area contributed by atoms with E-state index < -0.39 is 0 Å². The molecule has 1 N–H and O–H groups in total. The molecule has 1 saturated heterocycles. The van der Waals surface area contributed by atoms with E-state index in [4.69, 9.17) is 0 Å². The lowest BCUT2D eigenvalue weighted by molar-refractivity contribution is -0.111. The second-order valence-electron chi connectivity index (χ2n) is 6.47. The molecule has 1 aromatic heterocycles. The molecular formula is C20H24N4O. The Hall–Kier alpha value is -2.53. The summed E-state index contributed by atoms with van der Waals surface area (Å²) in [6.45, 7) is 4.45. The van der Waals surface area contributed by atoms with Gasteiger partial charge in [0, 0.05) is 36.7 Å². The van der Waals surface area contributed by atoms with Crippen LogP contribution in [0.25, 0.3) is 6.08 Å². The number of piperidine rings is 1. The maximum atomic E-state index is 12.0. The molecule has 1 fully saturated rings. The molecule has 5 nitrogen and oxygen atoms in total. The fourth-order valence-electron chi connectivity index (χ4n) is 3.06. The van der Waals surface area contributed by atoms with Gasteiger partial charge in [-0.15, -0.1) is 0 Å². The average molecular weight is 336 g/mol. The zero-order valence-electron chi connectivity index (χ0n) is 14.6. The summed E-state index contributed by atoms with van der Waals surface area (Å²) in [7, 11) is 0. The molecule has 0 bridgehead atoms. The second-order valence-corrected chi connectivity index (χ2v) is 6.47. The summed E-state index contributed by atoms with van der Waals surface area (Å²) < 4.78 is 0. The van der Waals surface area contributed by atoms with E-state index in [-0.39, 0.29) is 5.91 Å². The molecule has 130 valence electrons. The molecule has 1 atom stereocenters. The Labute approximate surface area is 148 Å². The number of rotatable bonds is 5. The molecule has 0 radical (unpaired) electrons. The highest BCUT2D eigenvalue weighted by atomic mass is 16.1. The highest BCUT2D eigenvalue weighted by Gasteiger charge is 2.17. The predicted molar refractivity (Wildman–Crippen MR) is 99.9 cm³/mol. The van der Waals surface area contributed by atoms with Crippen LogP contribution in [-0.4, -0.2) is 33.4 Å². The highest BCUT2D eigenvalue weighted by Crippen LogP contribution is 2.20. The number of anilines is 1. The standard InChI is InChI=1S/C20H24N4O/c1-16-4-2-3-13-24(16)15-17-5-7-18(8-6-17)23-20(25)10-9-19-14-21-11-12-22-19/h5-12,14,16H,2-4,13,15H2,1H3,(H,23,25). The quantitative estimate of drug-likeness (QED) is 0.849. The van der Waals surface area contributed by atoms with Crippen LogP contribution in [0.2, 0.25) is 0 Å². The molecule has 1 unspecified atom stereocenters. The molecule has 1 amide bonds. The SMILES string of the molecule is CC1CCCCN1Cc1ccc(NC(=O)C=Cc2cnccn2)cc1. The van der Waals surface area contributed by atoms with E-state index in [9.17, 15) is 4.79 Å². The molecule has 3 rings (SSSR count). The van der Waals surface area contributed by atoms with Crippen molar-refractivity contribution < 1.29 is 4.79 Å². The summed E-state index contributed by atoms with van der Waals surface area (Å²) in [6.07, 6.45) is 11.8. The van der Waals surface area contributed by atoms with E-state index in [1.165, 1.54) is 37.4 Å². The Morgan fingerprint density at radius 2 is 2.12 bits per heavy atom. The maximum Gasteiger partial charge on any atom is 0.248 e. The highest BCUT2D eigenvalue weighted by molar-refractivity contribution is 6.01. The Kier molecular flexibility index (Phi) is 5.90. The molecule has 0 aliphatic carbocycles. The van der Waals surface area contributed by atoms with Crippen molar-refractivity contribution in [2.24, 2.45) is 0 Å². The van der Waals surface area contributed by atoms with Gasteiger partial charge in [-0.05, 0) is 50.1 Å². The molecule has 0 spiro atoms.